The van der Waals surface area contributed by atoms with Crippen LogP contribution in [0.3, 0.4) is 0 Å². The van der Waals surface area contributed by atoms with Gasteiger partial charge >= 0.3 is 0 Å². The number of hydrogen-bond acceptors (Lipinski definition) is 3. The molecule has 0 aliphatic rings. The minimum atomic E-state index is 0.477. The standard InChI is InChI=1S/C28H25BrO3/c1-2-30-24-15-13-23(14-16-24)25-17-26(29)28(32-20-22-11-7-4-8-12-22)18-27(25)31-19-21-9-5-3-6-10-21/h3-18H,2,19-20H2,1H3. The van der Waals surface area contributed by atoms with Crippen LogP contribution in [-0.4, -0.2) is 6.61 Å². The molecule has 32 heavy (non-hydrogen) atoms. The van der Waals surface area contributed by atoms with Crippen molar-refractivity contribution in [1.82, 2.24) is 0 Å². The molecule has 0 aliphatic carbocycles. The van der Waals surface area contributed by atoms with Gasteiger partial charge in [-0.3, -0.25) is 0 Å². The molecule has 0 radical (unpaired) electrons. The van der Waals surface area contributed by atoms with Crippen LogP contribution in [0.25, 0.3) is 11.1 Å². The SMILES string of the molecule is CCOc1ccc(-c2cc(Br)c(OCc3ccccc3)cc2OCc2ccccc2)cc1. The fourth-order valence-corrected chi connectivity index (χ4v) is 3.82. The summed E-state index contributed by atoms with van der Waals surface area (Å²) in [5.41, 5.74) is 4.26. The molecule has 0 heterocycles. The lowest BCUT2D eigenvalue weighted by Crippen LogP contribution is -2.00. The molecule has 0 aromatic heterocycles. The van der Waals surface area contributed by atoms with Crippen molar-refractivity contribution in [3.63, 3.8) is 0 Å². The molecule has 4 aromatic rings. The molecule has 162 valence electrons. The Balaban J connectivity index is 1.63. The first kappa shape index (κ1) is 22.0. The zero-order valence-electron chi connectivity index (χ0n) is 18.0. The summed E-state index contributed by atoms with van der Waals surface area (Å²) in [6.07, 6.45) is 0. The molecule has 0 N–H and O–H groups in total. The van der Waals surface area contributed by atoms with Crippen LogP contribution in [0.15, 0.2) is 102 Å². The van der Waals surface area contributed by atoms with Gasteiger partial charge in [0, 0.05) is 11.6 Å². The zero-order valence-corrected chi connectivity index (χ0v) is 19.5. The lowest BCUT2D eigenvalue weighted by atomic mass is 10.0. The van der Waals surface area contributed by atoms with Gasteiger partial charge in [0.25, 0.3) is 0 Å². The molecule has 3 nitrogen and oxygen atoms in total. The highest BCUT2D eigenvalue weighted by Gasteiger charge is 2.14. The van der Waals surface area contributed by atoms with Gasteiger partial charge in [-0.25, -0.2) is 0 Å². The van der Waals surface area contributed by atoms with Crippen molar-refractivity contribution in [1.29, 1.82) is 0 Å². The van der Waals surface area contributed by atoms with Crippen molar-refractivity contribution in [2.24, 2.45) is 0 Å². The van der Waals surface area contributed by atoms with Crippen LogP contribution in [0.4, 0.5) is 0 Å². The van der Waals surface area contributed by atoms with Crippen LogP contribution in [0.5, 0.6) is 17.2 Å². The van der Waals surface area contributed by atoms with E-state index in [1.807, 2.05) is 73.7 Å². The molecule has 0 amide bonds. The molecule has 4 heteroatoms. The van der Waals surface area contributed by atoms with E-state index in [4.69, 9.17) is 14.2 Å². The summed E-state index contributed by atoms with van der Waals surface area (Å²) in [6, 6.07) is 32.3. The first-order valence-electron chi connectivity index (χ1n) is 10.6. The second kappa shape index (κ2) is 10.9. The molecule has 4 rings (SSSR count). The summed E-state index contributed by atoms with van der Waals surface area (Å²) in [6.45, 7) is 3.59. The van der Waals surface area contributed by atoms with Crippen LogP contribution in [0.2, 0.25) is 0 Å². The molecule has 0 spiro atoms. The van der Waals surface area contributed by atoms with Crippen molar-refractivity contribution >= 4 is 15.9 Å². The summed E-state index contributed by atoms with van der Waals surface area (Å²) in [5.74, 6) is 2.36. The largest absolute Gasteiger partial charge is 0.494 e. The molecule has 0 saturated heterocycles. The van der Waals surface area contributed by atoms with E-state index in [1.165, 1.54) is 0 Å². The van der Waals surface area contributed by atoms with E-state index in [0.717, 1.165) is 44.0 Å². The second-order valence-corrected chi connectivity index (χ2v) is 8.14. The minimum absolute atomic E-state index is 0.477. The summed E-state index contributed by atoms with van der Waals surface area (Å²) in [7, 11) is 0. The van der Waals surface area contributed by atoms with Gasteiger partial charge in [0.1, 0.15) is 30.5 Å². The van der Waals surface area contributed by atoms with Crippen molar-refractivity contribution in [3.05, 3.63) is 113 Å². The Labute approximate surface area is 197 Å². The van der Waals surface area contributed by atoms with E-state index in [1.54, 1.807) is 0 Å². The molecule has 0 unspecified atom stereocenters. The average Bonchev–Trinajstić information content (AvgIpc) is 2.84. The Morgan fingerprint density at radius 1 is 0.625 bits per heavy atom. The summed E-state index contributed by atoms with van der Waals surface area (Å²) >= 11 is 3.68. The van der Waals surface area contributed by atoms with Crippen LogP contribution < -0.4 is 14.2 Å². The summed E-state index contributed by atoms with van der Waals surface area (Å²) in [4.78, 5) is 0. The first-order valence-corrected chi connectivity index (χ1v) is 11.4. The van der Waals surface area contributed by atoms with Gasteiger partial charge in [-0.15, -0.1) is 0 Å². The molecule has 0 aliphatic heterocycles. The first-order chi connectivity index (χ1) is 15.7. The highest BCUT2D eigenvalue weighted by atomic mass is 79.9. The summed E-state index contributed by atoms with van der Waals surface area (Å²) < 4.78 is 18.8. The number of hydrogen-bond donors (Lipinski definition) is 0. The molecule has 4 aromatic carbocycles. The number of halogens is 1. The lowest BCUT2D eigenvalue weighted by molar-refractivity contribution is 0.289. The lowest BCUT2D eigenvalue weighted by Gasteiger charge is -2.16. The third-order valence-corrected chi connectivity index (χ3v) is 5.60. The van der Waals surface area contributed by atoms with Crippen molar-refractivity contribution in [3.8, 4) is 28.4 Å². The monoisotopic (exact) mass is 488 g/mol. The number of ether oxygens (including phenoxy) is 3. The normalized spacial score (nSPS) is 10.6. The van der Waals surface area contributed by atoms with Gasteiger partial charge in [-0.1, -0.05) is 72.8 Å². The predicted molar refractivity (Wildman–Crippen MR) is 132 cm³/mol. The minimum Gasteiger partial charge on any atom is -0.494 e. The Kier molecular flexibility index (Phi) is 7.47. The quantitative estimate of drug-likeness (QED) is 0.241. The molecular formula is C28H25BrO3. The van der Waals surface area contributed by atoms with E-state index in [0.29, 0.717) is 19.8 Å². The van der Waals surface area contributed by atoms with Crippen LogP contribution in [-0.2, 0) is 13.2 Å². The van der Waals surface area contributed by atoms with Crippen LogP contribution in [0.1, 0.15) is 18.1 Å². The Bertz CT molecular complexity index is 1130. The third kappa shape index (κ3) is 5.71. The van der Waals surface area contributed by atoms with Gasteiger partial charge in [0.2, 0.25) is 0 Å². The number of benzene rings is 4. The van der Waals surface area contributed by atoms with E-state index < -0.39 is 0 Å². The predicted octanol–water partition coefficient (Wildman–Crippen LogP) is 7.67. The highest BCUT2D eigenvalue weighted by molar-refractivity contribution is 9.10. The van der Waals surface area contributed by atoms with Gasteiger partial charge in [-0.05, 0) is 57.7 Å². The van der Waals surface area contributed by atoms with Gasteiger partial charge in [-0.2, -0.15) is 0 Å². The van der Waals surface area contributed by atoms with Gasteiger partial charge in [0.05, 0.1) is 11.1 Å². The van der Waals surface area contributed by atoms with Crippen molar-refractivity contribution in [2.45, 2.75) is 20.1 Å². The fourth-order valence-electron chi connectivity index (χ4n) is 3.36. The van der Waals surface area contributed by atoms with E-state index in [-0.39, 0.29) is 0 Å². The van der Waals surface area contributed by atoms with E-state index in [2.05, 4.69) is 46.3 Å². The Morgan fingerprint density at radius 2 is 1.19 bits per heavy atom. The molecule has 0 saturated carbocycles. The highest BCUT2D eigenvalue weighted by Crippen LogP contribution is 2.40. The molecule has 0 atom stereocenters. The maximum absolute atomic E-state index is 6.27. The van der Waals surface area contributed by atoms with Crippen molar-refractivity contribution in [2.75, 3.05) is 6.61 Å². The molecule has 0 bridgehead atoms. The topological polar surface area (TPSA) is 27.7 Å². The maximum Gasteiger partial charge on any atom is 0.137 e. The van der Waals surface area contributed by atoms with Crippen LogP contribution in [0, 0.1) is 0 Å². The van der Waals surface area contributed by atoms with Gasteiger partial charge < -0.3 is 14.2 Å². The summed E-state index contributed by atoms with van der Waals surface area (Å²) in [5, 5.41) is 0. The fraction of sp³-hybridized carbons (Fsp3) is 0.143. The zero-order chi connectivity index (χ0) is 22.2. The van der Waals surface area contributed by atoms with E-state index >= 15 is 0 Å². The van der Waals surface area contributed by atoms with Crippen LogP contribution >= 0.6 is 15.9 Å². The second-order valence-electron chi connectivity index (χ2n) is 7.28. The molecular weight excluding hydrogens is 464 g/mol. The third-order valence-electron chi connectivity index (χ3n) is 4.98. The number of rotatable bonds is 9. The smallest absolute Gasteiger partial charge is 0.137 e. The van der Waals surface area contributed by atoms with Gasteiger partial charge in [0.15, 0.2) is 0 Å². The van der Waals surface area contributed by atoms with E-state index in [9.17, 15) is 0 Å². The molecule has 0 fully saturated rings. The maximum atomic E-state index is 6.27. The van der Waals surface area contributed by atoms with Crippen molar-refractivity contribution < 1.29 is 14.2 Å². The Hall–Kier alpha value is -3.24. The Morgan fingerprint density at radius 3 is 1.75 bits per heavy atom. The average molecular weight is 489 g/mol.